The minimum atomic E-state index is 0.789. The second kappa shape index (κ2) is 2.44. The molecule has 2 aliphatic rings. The first-order chi connectivity index (χ1) is 4.81. The van der Waals surface area contributed by atoms with Crippen molar-refractivity contribution in [3.05, 3.63) is 0 Å². The van der Waals surface area contributed by atoms with E-state index in [1.807, 2.05) is 0 Å². The minimum absolute atomic E-state index is 0.789. The monoisotopic (exact) mass is 156 g/mol. The van der Waals surface area contributed by atoms with Crippen LogP contribution in [0, 0.1) is 5.92 Å². The van der Waals surface area contributed by atoms with Gasteiger partial charge in [-0.1, -0.05) is 19.8 Å². The number of rotatable bonds is 0. The lowest BCUT2D eigenvalue weighted by Crippen LogP contribution is -2.38. The van der Waals surface area contributed by atoms with E-state index >= 15 is 0 Å². The summed E-state index contributed by atoms with van der Waals surface area (Å²) >= 11 is 2.23. The molecule has 1 heteroatoms. The maximum absolute atomic E-state index is 2.42. The van der Waals surface area contributed by atoms with Crippen LogP contribution in [0.1, 0.15) is 39.0 Å². The Kier molecular flexibility index (Phi) is 1.71. The summed E-state index contributed by atoms with van der Waals surface area (Å²) in [6.07, 6.45) is 7.53. The molecule has 0 N–H and O–H groups in total. The fraction of sp³-hybridized carbons (Fsp3) is 1.00. The SMILES string of the molecule is CC1CCCC2(CCS2)C1. The van der Waals surface area contributed by atoms with Gasteiger partial charge in [0.2, 0.25) is 0 Å². The Morgan fingerprint density at radius 1 is 1.40 bits per heavy atom. The Hall–Kier alpha value is 0.350. The molecule has 58 valence electrons. The van der Waals surface area contributed by atoms with Gasteiger partial charge in [-0.3, -0.25) is 0 Å². The van der Waals surface area contributed by atoms with Gasteiger partial charge in [0.05, 0.1) is 0 Å². The lowest BCUT2D eigenvalue weighted by Gasteiger charge is -2.46. The highest BCUT2D eigenvalue weighted by molar-refractivity contribution is 8.02. The van der Waals surface area contributed by atoms with Crippen molar-refractivity contribution in [2.75, 3.05) is 5.75 Å². The average Bonchev–Trinajstić information content (AvgIpc) is 1.85. The summed E-state index contributed by atoms with van der Waals surface area (Å²) in [5.74, 6) is 2.45. The van der Waals surface area contributed by atoms with Gasteiger partial charge in [0, 0.05) is 4.75 Å². The van der Waals surface area contributed by atoms with Crippen LogP contribution in [0.5, 0.6) is 0 Å². The largest absolute Gasteiger partial charge is 0.155 e. The number of hydrogen-bond donors (Lipinski definition) is 0. The van der Waals surface area contributed by atoms with Gasteiger partial charge in [-0.05, 0) is 30.9 Å². The van der Waals surface area contributed by atoms with Crippen LogP contribution >= 0.6 is 11.8 Å². The molecule has 0 radical (unpaired) electrons. The van der Waals surface area contributed by atoms with Crippen LogP contribution in [0.25, 0.3) is 0 Å². The summed E-state index contributed by atoms with van der Waals surface area (Å²) in [7, 11) is 0. The van der Waals surface area contributed by atoms with Crippen LogP contribution in [0.15, 0.2) is 0 Å². The van der Waals surface area contributed by atoms with Crippen molar-refractivity contribution in [1.29, 1.82) is 0 Å². The molecule has 1 spiro atoms. The third-order valence-electron chi connectivity index (χ3n) is 3.02. The zero-order valence-electron chi connectivity index (χ0n) is 6.73. The summed E-state index contributed by atoms with van der Waals surface area (Å²) < 4.78 is 0.789. The zero-order valence-corrected chi connectivity index (χ0v) is 7.54. The quantitative estimate of drug-likeness (QED) is 0.519. The average molecular weight is 156 g/mol. The molecular weight excluding hydrogens is 140 g/mol. The normalized spacial score (nSPS) is 47.1. The summed E-state index contributed by atoms with van der Waals surface area (Å²) in [5.41, 5.74) is 0. The van der Waals surface area contributed by atoms with Crippen molar-refractivity contribution in [2.45, 2.75) is 43.8 Å². The van der Waals surface area contributed by atoms with E-state index in [0.717, 1.165) is 10.7 Å². The van der Waals surface area contributed by atoms with E-state index in [1.165, 1.54) is 37.9 Å². The van der Waals surface area contributed by atoms with Crippen molar-refractivity contribution < 1.29 is 0 Å². The van der Waals surface area contributed by atoms with Crippen molar-refractivity contribution in [3.63, 3.8) is 0 Å². The van der Waals surface area contributed by atoms with Gasteiger partial charge in [-0.25, -0.2) is 0 Å². The summed E-state index contributed by atoms with van der Waals surface area (Å²) in [4.78, 5) is 0. The van der Waals surface area contributed by atoms with E-state index < -0.39 is 0 Å². The van der Waals surface area contributed by atoms with E-state index in [-0.39, 0.29) is 0 Å². The third-order valence-corrected chi connectivity index (χ3v) is 4.61. The van der Waals surface area contributed by atoms with Crippen LogP contribution in [0.3, 0.4) is 0 Å². The molecule has 1 saturated carbocycles. The molecule has 1 heterocycles. The molecular formula is C9H16S. The second-order valence-corrected chi connectivity index (χ2v) is 5.55. The van der Waals surface area contributed by atoms with Gasteiger partial charge in [0.25, 0.3) is 0 Å². The van der Waals surface area contributed by atoms with Gasteiger partial charge in [0.15, 0.2) is 0 Å². The first kappa shape index (κ1) is 7.02. The highest BCUT2D eigenvalue weighted by Gasteiger charge is 2.40. The van der Waals surface area contributed by atoms with Crippen LogP contribution in [0.2, 0.25) is 0 Å². The van der Waals surface area contributed by atoms with Gasteiger partial charge < -0.3 is 0 Å². The van der Waals surface area contributed by atoms with Gasteiger partial charge >= 0.3 is 0 Å². The predicted molar refractivity (Wildman–Crippen MR) is 47.4 cm³/mol. The Labute approximate surface area is 67.8 Å². The van der Waals surface area contributed by atoms with Crippen molar-refractivity contribution in [1.82, 2.24) is 0 Å². The molecule has 10 heavy (non-hydrogen) atoms. The number of thioether (sulfide) groups is 1. The molecule has 0 amide bonds. The standard InChI is InChI=1S/C9H16S/c1-8-3-2-4-9(7-8)5-6-10-9/h8H,2-7H2,1H3. The molecule has 2 unspecified atom stereocenters. The van der Waals surface area contributed by atoms with Gasteiger partial charge in [-0.2, -0.15) is 11.8 Å². The van der Waals surface area contributed by atoms with E-state index in [0.29, 0.717) is 0 Å². The Bertz CT molecular complexity index is 127. The molecule has 0 bridgehead atoms. The van der Waals surface area contributed by atoms with E-state index in [2.05, 4.69) is 18.7 Å². The zero-order chi connectivity index (χ0) is 7.03. The maximum atomic E-state index is 2.42. The fourth-order valence-corrected chi connectivity index (χ4v) is 3.83. The van der Waals surface area contributed by atoms with Gasteiger partial charge in [0.1, 0.15) is 0 Å². The number of hydrogen-bond acceptors (Lipinski definition) is 1. The molecule has 1 aliphatic heterocycles. The third kappa shape index (κ3) is 1.09. The molecule has 0 aromatic carbocycles. The van der Waals surface area contributed by atoms with Crippen LogP contribution in [0.4, 0.5) is 0 Å². The summed E-state index contributed by atoms with van der Waals surface area (Å²) in [6.45, 7) is 2.42. The second-order valence-electron chi connectivity index (χ2n) is 3.98. The van der Waals surface area contributed by atoms with Crippen molar-refractivity contribution in [3.8, 4) is 0 Å². The maximum Gasteiger partial charge on any atom is 0.0170 e. The van der Waals surface area contributed by atoms with Crippen molar-refractivity contribution >= 4 is 11.8 Å². The molecule has 0 aromatic heterocycles. The molecule has 1 aliphatic carbocycles. The first-order valence-electron chi connectivity index (χ1n) is 4.45. The Balaban J connectivity index is 1.96. The molecule has 2 fully saturated rings. The Morgan fingerprint density at radius 2 is 2.20 bits per heavy atom. The topological polar surface area (TPSA) is 0 Å². The summed E-state index contributed by atoms with van der Waals surface area (Å²) in [5, 5.41) is 0. The summed E-state index contributed by atoms with van der Waals surface area (Å²) in [6, 6.07) is 0. The smallest absolute Gasteiger partial charge is 0.0170 e. The van der Waals surface area contributed by atoms with E-state index in [4.69, 9.17) is 0 Å². The van der Waals surface area contributed by atoms with Crippen LogP contribution in [-0.2, 0) is 0 Å². The molecule has 0 aromatic rings. The van der Waals surface area contributed by atoms with Crippen LogP contribution < -0.4 is 0 Å². The fourth-order valence-electron chi connectivity index (χ4n) is 2.36. The molecule has 1 saturated heterocycles. The molecule has 2 atom stereocenters. The van der Waals surface area contributed by atoms with Gasteiger partial charge in [-0.15, -0.1) is 0 Å². The highest BCUT2D eigenvalue weighted by Crippen LogP contribution is 2.51. The lowest BCUT2D eigenvalue weighted by atomic mass is 9.80. The lowest BCUT2D eigenvalue weighted by molar-refractivity contribution is 0.296. The van der Waals surface area contributed by atoms with Crippen LogP contribution in [-0.4, -0.2) is 10.5 Å². The van der Waals surface area contributed by atoms with E-state index in [9.17, 15) is 0 Å². The minimum Gasteiger partial charge on any atom is -0.155 e. The van der Waals surface area contributed by atoms with E-state index in [1.54, 1.807) is 0 Å². The molecule has 2 rings (SSSR count). The molecule has 0 nitrogen and oxygen atoms in total. The van der Waals surface area contributed by atoms with Crippen molar-refractivity contribution in [2.24, 2.45) is 5.92 Å². The predicted octanol–water partition coefficient (Wildman–Crippen LogP) is 3.07. The first-order valence-corrected chi connectivity index (χ1v) is 5.43. The highest BCUT2D eigenvalue weighted by atomic mass is 32.2. The Morgan fingerprint density at radius 3 is 2.60 bits per heavy atom.